The number of likely N-dealkylation sites (N-methyl/N-ethyl adjacent to an activating group) is 1. The van der Waals surface area contributed by atoms with Gasteiger partial charge in [0.1, 0.15) is 11.5 Å². The Hall–Kier alpha value is -1.83. The number of rotatable bonds is 10. The fourth-order valence-electron chi connectivity index (χ4n) is 3.19. The van der Waals surface area contributed by atoms with Gasteiger partial charge in [0, 0.05) is 44.7 Å². The highest BCUT2D eigenvalue weighted by Gasteiger charge is 2.14. The number of hydrogen-bond donors (Lipinski definition) is 2. The summed E-state index contributed by atoms with van der Waals surface area (Å²) in [6.07, 6.45) is 1.51. The van der Waals surface area contributed by atoms with E-state index in [4.69, 9.17) is 9.47 Å². The Morgan fingerprint density at radius 3 is 2.59 bits per heavy atom. The monoisotopic (exact) mass is 378 g/mol. The van der Waals surface area contributed by atoms with Crippen molar-refractivity contribution in [2.75, 3.05) is 65.9 Å². The van der Waals surface area contributed by atoms with Gasteiger partial charge in [0.05, 0.1) is 19.9 Å². The van der Waals surface area contributed by atoms with Gasteiger partial charge in [-0.25, -0.2) is 0 Å². The first-order chi connectivity index (χ1) is 13.0. The molecule has 1 atom stereocenters. The first kappa shape index (κ1) is 21.5. The van der Waals surface area contributed by atoms with Crippen molar-refractivity contribution in [1.82, 2.24) is 15.1 Å². The third kappa shape index (κ3) is 7.36. The Morgan fingerprint density at radius 1 is 1.19 bits per heavy atom. The number of nitrogens with one attached hydrogen (secondary N) is 2. The summed E-state index contributed by atoms with van der Waals surface area (Å²) in [5, 5.41) is 6.36. The summed E-state index contributed by atoms with van der Waals surface area (Å²) in [6, 6.07) is 5.48. The van der Waals surface area contributed by atoms with Crippen molar-refractivity contribution in [2.24, 2.45) is 0 Å². The Bertz CT molecular complexity index is 589. The number of nitrogens with zero attached hydrogens (tertiary/aromatic N) is 2. The largest absolute Gasteiger partial charge is 0.497 e. The van der Waals surface area contributed by atoms with E-state index in [0.717, 1.165) is 45.7 Å². The normalized spacial score (nSPS) is 16.7. The molecule has 0 bridgehead atoms. The van der Waals surface area contributed by atoms with Gasteiger partial charge in [0.25, 0.3) is 0 Å². The van der Waals surface area contributed by atoms with E-state index in [2.05, 4.69) is 27.5 Å². The van der Waals surface area contributed by atoms with Crippen LogP contribution >= 0.6 is 0 Å². The van der Waals surface area contributed by atoms with E-state index in [0.29, 0.717) is 23.6 Å². The van der Waals surface area contributed by atoms with Crippen LogP contribution < -0.4 is 20.1 Å². The number of hydrogen-bond acceptors (Lipinski definition) is 6. The number of amides is 1. The molecule has 7 nitrogen and oxygen atoms in total. The average molecular weight is 379 g/mol. The topological polar surface area (TPSA) is 66.1 Å². The van der Waals surface area contributed by atoms with Crippen LogP contribution in [0.2, 0.25) is 0 Å². The van der Waals surface area contributed by atoms with Crippen LogP contribution in [0, 0.1) is 0 Å². The second-order valence-corrected chi connectivity index (χ2v) is 7.17. The van der Waals surface area contributed by atoms with E-state index in [1.54, 1.807) is 32.4 Å². The Balaban J connectivity index is 1.68. The second-order valence-electron chi connectivity index (χ2n) is 7.17. The van der Waals surface area contributed by atoms with Crippen molar-refractivity contribution in [2.45, 2.75) is 25.8 Å². The molecule has 1 heterocycles. The molecule has 152 valence electrons. The lowest BCUT2D eigenvalue weighted by atomic mass is 10.2. The average Bonchev–Trinajstić information content (AvgIpc) is 2.66. The standard InChI is InChI=1S/C20H34N4O3/c1-16(21-8-5-9-24-12-10-23(2)11-13-24)14-20(25)22-18-15-17(26-3)6-7-19(18)27-4/h6-7,15-16,21H,5,8-14H2,1-4H3,(H,22,25). The Morgan fingerprint density at radius 2 is 1.93 bits per heavy atom. The molecular formula is C20H34N4O3. The molecule has 0 aromatic heterocycles. The molecule has 1 saturated heterocycles. The lowest BCUT2D eigenvalue weighted by Gasteiger charge is -2.32. The predicted molar refractivity (Wildman–Crippen MR) is 109 cm³/mol. The van der Waals surface area contributed by atoms with Crippen molar-refractivity contribution < 1.29 is 14.3 Å². The molecule has 0 saturated carbocycles. The molecular weight excluding hydrogens is 344 g/mol. The van der Waals surface area contributed by atoms with Crippen LogP contribution in [0.5, 0.6) is 11.5 Å². The molecule has 1 fully saturated rings. The highest BCUT2D eigenvalue weighted by atomic mass is 16.5. The van der Waals surface area contributed by atoms with Crippen molar-refractivity contribution in [3.63, 3.8) is 0 Å². The fourth-order valence-corrected chi connectivity index (χ4v) is 3.19. The quantitative estimate of drug-likeness (QED) is 0.604. The summed E-state index contributed by atoms with van der Waals surface area (Å²) in [5.74, 6) is 1.26. The zero-order valence-electron chi connectivity index (χ0n) is 17.1. The van der Waals surface area contributed by atoms with Crippen LogP contribution in [0.15, 0.2) is 18.2 Å². The van der Waals surface area contributed by atoms with Crippen LogP contribution in [-0.2, 0) is 4.79 Å². The summed E-state index contributed by atoms with van der Waals surface area (Å²) in [7, 11) is 5.36. The number of carbonyl (C=O) groups is 1. The second kappa shape index (κ2) is 11.1. The lowest BCUT2D eigenvalue weighted by Crippen LogP contribution is -2.45. The smallest absolute Gasteiger partial charge is 0.226 e. The van der Waals surface area contributed by atoms with Crippen LogP contribution in [0.3, 0.4) is 0 Å². The molecule has 0 radical (unpaired) electrons. The summed E-state index contributed by atoms with van der Waals surface area (Å²) in [5.41, 5.74) is 0.629. The molecule has 1 unspecified atom stereocenters. The molecule has 1 aliphatic heterocycles. The van der Waals surface area contributed by atoms with Gasteiger partial charge >= 0.3 is 0 Å². The summed E-state index contributed by atoms with van der Waals surface area (Å²) in [6.45, 7) is 8.67. The van der Waals surface area contributed by atoms with Gasteiger partial charge in [0.15, 0.2) is 0 Å². The number of methoxy groups -OCH3 is 2. The highest BCUT2D eigenvalue weighted by Crippen LogP contribution is 2.28. The summed E-state index contributed by atoms with van der Waals surface area (Å²) in [4.78, 5) is 17.2. The minimum absolute atomic E-state index is 0.0411. The number of benzene rings is 1. The number of piperazine rings is 1. The molecule has 1 aromatic rings. The van der Waals surface area contributed by atoms with E-state index in [1.165, 1.54) is 0 Å². The van der Waals surface area contributed by atoms with Crippen molar-refractivity contribution >= 4 is 11.6 Å². The molecule has 7 heteroatoms. The Kier molecular flexibility index (Phi) is 8.84. The molecule has 1 aromatic carbocycles. The minimum atomic E-state index is -0.0411. The van der Waals surface area contributed by atoms with E-state index >= 15 is 0 Å². The van der Waals surface area contributed by atoms with Crippen LogP contribution in [0.4, 0.5) is 5.69 Å². The van der Waals surface area contributed by atoms with Crippen molar-refractivity contribution in [3.05, 3.63) is 18.2 Å². The van der Waals surface area contributed by atoms with Gasteiger partial charge in [-0.1, -0.05) is 0 Å². The van der Waals surface area contributed by atoms with E-state index in [1.807, 2.05) is 6.92 Å². The maximum atomic E-state index is 12.3. The van der Waals surface area contributed by atoms with Gasteiger partial charge in [0.2, 0.25) is 5.91 Å². The molecule has 2 rings (SSSR count). The summed E-state index contributed by atoms with van der Waals surface area (Å²) < 4.78 is 10.5. The van der Waals surface area contributed by atoms with E-state index in [9.17, 15) is 4.79 Å². The zero-order valence-corrected chi connectivity index (χ0v) is 17.1. The van der Waals surface area contributed by atoms with Crippen LogP contribution in [0.25, 0.3) is 0 Å². The molecule has 1 amide bonds. The Labute approximate surface area is 163 Å². The fraction of sp³-hybridized carbons (Fsp3) is 0.650. The SMILES string of the molecule is COc1ccc(OC)c(NC(=O)CC(C)NCCCN2CCN(C)CC2)c1. The van der Waals surface area contributed by atoms with Crippen LogP contribution in [-0.4, -0.2) is 82.3 Å². The third-order valence-corrected chi connectivity index (χ3v) is 4.91. The van der Waals surface area contributed by atoms with Gasteiger partial charge in [-0.2, -0.15) is 0 Å². The summed E-state index contributed by atoms with van der Waals surface area (Å²) >= 11 is 0. The first-order valence-electron chi connectivity index (χ1n) is 9.68. The number of carbonyl (C=O) groups excluding carboxylic acids is 1. The van der Waals surface area contributed by atoms with Crippen molar-refractivity contribution in [3.8, 4) is 11.5 Å². The highest BCUT2D eigenvalue weighted by molar-refractivity contribution is 5.92. The predicted octanol–water partition coefficient (Wildman–Crippen LogP) is 1.65. The van der Waals surface area contributed by atoms with Crippen LogP contribution in [0.1, 0.15) is 19.8 Å². The molecule has 27 heavy (non-hydrogen) atoms. The molecule has 0 aliphatic carbocycles. The number of ether oxygens (including phenoxy) is 2. The minimum Gasteiger partial charge on any atom is -0.497 e. The van der Waals surface area contributed by atoms with E-state index < -0.39 is 0 Å². The molecule has 1 aliphatic rings. The van der Waals surface area contributed by atoms with Crippen molar-refractivity contribution in [1.29, 1.82) is 0 Å². The van der Waals surface area contributed by atoms with Gasteiger partial charge in [-0.15, -0.1) is 0 Å². The van der Waals surface area contributed by atoms with E-state index in [-0.39, 0.29) is 11.9 Å². The lowest BCUT2D eigenvalue weighted by molar-refractivity contribution is -0.116. The number of anilines is 1. The maximum Gasteiger partial charge on any atom is 0.226 e. The van der Waals surface area contributed by atoms with Gasteiger partial charge < -0.3 is 29.9 Å². The molecule has 2 N–H and O–H groups in total. The van der Waals surface area contributed by atoms with Gasteiger partial charge in [-0.3, -0.25) is 4.79 Å². The molecule has 0 spiro atoms. The van der Waals surface area contributed by atoms with Gasteiger partial charge in [-0.05, 0) is 45.6 Å². The maximum absolute atomic E-state index is 12.3. The zero-order chi connectivity index (χ0) is 19.6. The third-order valence-electron chi connectivity index (χ3n) is 4.91. The first-order valence-corrected chi connectivity index (χ1v) is 9.68.